The molecule has 0 atom stereocenters. The van der Waals surface area contributed by atoms with E-state index in [0.717, 1.165) is 0 Å². The van der Waals surface area contributed by atoms with Crippen LogP contribution in [-0.4, -0.2) is 41.9 Å². The summed E-state index contributed by atoms with van der Waals surface area (Å²) in [6, 6.07) is 0. The Kier molecular flexibility index (Phi) is 4.84. The molecule has 1 aliphatic rings. The number of carboxylic acid groups (broad SMARTS) is 1. The molecule has 7 nitrogen and oxygen atoms in total. The lowest BCUT2D eigenvalue weighted by molar-refractivity contribution is -0.137. The van der Waals surface area contributed by atoms with Crippen LogP contribution in [0.2, 0.25) is 0 Å². The van der Waals surface area contributed by atoms with Crippen molar-refractivity contribution >= 4 is 27.3 Å². The van der Waals surface area contributed by atoms with Gasteiger partial charge in [0.05, 0.1) is 0 Å². The predicted octanol–water partition coefficient (Wildman–Crippen LogP) is 1.01. The van der Waals surface area contributed by atoms with Gasteiger partial charge < -0.3 is 10.1 Å². The van der Waals surface area contributed by atoms with Gasteiger partial charge in [-0.25, -0.2) is 8.42 Å². The number of nitrogens with one attached hydrogen (secondary N) is 1. The summed E-state index contributed by atoms with van der Waals surface area (Å²) in [5.74, 6) is -0.573. The van der Waals surface area contributed by atoms with Gasteiger partial charge in [-0.3, -0.25) is 9.59 Å². The van der Waals surface area contributed by atoms with Crippen LogP contribution < -0.4 is 4.87 Å². The minimum atomic E-state index is -3.62. The lowest BCUT2D eigenvalue weighted by Gasteiger charge is -2.30. The number of piperidine rings is 1. The second-order valence-corrected chi connectivity index (χ2v) is 8.32. The van der Waals surface area contributed by atoms with Crippen molar-refractivity contribution in [2.24, 2.45) is 5.92 Å². The topological polar surface area (TPSA) is 108 Å². The van der Waals surface area contributed by atoms with Gasteiger partial charge in [0.2, 0.25) is 0 Å². The maximum Gasteiger partial charge on any atom is 0.305 e. The first-order valence-corrected chi connectivity index (χ1v) is 8.98. The summed E-state index contributed by atoms with van der Waals surface area (Å²) in [6.45, 7) is 2.32. The van der Waals surface area contributed by atoms with E-state index in [1.165, 1.54) is 4.31 Å². The second kappa shape index (κ2) is 6.29. The van der Waals surface area contributed by atoms with Crippen molar-refractivity contribution in [1.82, 2.24) is 9.29 Å². The highest BCUT2D eigenvalue weighted by atomic mass is 32.2. The zero-order chi connectivity index (χ0) is 15.6. The molecule has 9 heteroatoms. The molecule has 0 aromatic carbocycles. The number of hydrogen-bond acceptors (Lipinski definition) is 5. The molecule has 1 aromatic rings. The second-order valence-electron chi connectivity index (χ2n) is 5.21. The number of carboxylic acids is 1. The van der Waals surface area contributed by atoms with Crippen LogP contribution in [0.5, 0.6) is 0 Å². The van der Waals surface area contributed by atoms with Crippen molar-refractivity contribution in [2.45, 2.75) is 36.8 Å². The molecule has 1 fully saturated rings. The SMILES string of the molecule is Cc1[nH]c(=O)sc1S(=O)(=O)N1CCC(CCC(=O)O)CC1. The molecule has 1 aliphatic heterocycles. The molecule has 0 spiro atoms. The average molecular weight is 334 g/mol. The molecular formula is C12H18N2O5S2. The van der Waals surface area contributed by atoms with Crippen molar-refractivity contribution in [3.63, 3.8) is 0 Å². The van der Waals surface area contributed by atoms with Gasteiger partial charge in [0.25, 0.3) is 10.0 Å². The standard InChI is InChI=1S/C12H18N2O5S2/c1-8-11(20-12(17)13-8)21(18,19)14-6-4-9(5-7-14)2-3-10(15)16/h9H,2-7H2,1H3,(H,13,17)(H,15,16). The molecule has 2 N–H and O–H groups in total. The third kappa shape index (κ3) is 3.72. The van der Waals surface area contributed by atoms with Crippen LogP contribution in [-0.2, 0) is 14.8 Å². The molecular weight excluding hydrogens is 316 g/mol. The Hall–Kier alpha value is -1.19. The van der Waals surface area contributed by atoms with Gasteiger partial charge in [0.15, 0.2) is 4.21 Å². The fourth-order valence-corrected chi connectivity index (χ4v) is 5.42. The Balaban J connectivity index is 2.03. The quantitative estimate of drug-likeness (QED) is 0.835. The lowest BCUT2D eigenvalue weighted by atomic mass is 9.93. The number of H-pyrrole nitrogens is 1. The lowest BCUT2D eigenvalue weighted by Crippen LogP contribution is -2.38. The summed E-state index contributed by atoms with van der Waals surface area (Å²) in [5, 5.41) is 8.67. The summed E-state index contributed by atoms with van der Waals surface area (Å²) in [5.41, 5.74) is 0.373. The van der Waals surface area contributed by atoms with Gasteiger partial charge >= 0.3 is 10.8 Å². The largest absolute Gasteiger partial charge is 0.481 e. The van der Waals surface area contributed by atoms with Gasteiger partial charge in [-0.05, 0) is 32.1 Å². The Labute approximate surface area is 126 Å². The molecule has 118 valence electrons. The summed E-state index contributed by atoms with van der Waals surface area (Å²) in [7, 11) is -3.62. The molecule has 0 aliphatic carbocycles. The summed E-state index contributed by atoms with van der Waals surface area (Å²) in [6.07, 6.45) is 2.02. The van der Waals surface area contributed by atoms with Crippen LogP contribution in [0, 0.1) is 12.8 Å². The summed E-state index contributed by atoms with van der Waals surface area (Å²) < 4.78 is 26.4. The Morgan fingerprint density at radius 3 is 2.52 bits per heavy atom. The third-order valence-electron chi connectivity index (χ3n) is 3.70. The molecule has 1 saturated heterocycles. The number of aliphatic carboxylic acids is 1. The maximum absolute atomic E-state index is 12.5. The van der Waals surface area contributed by atoms with Crippen molar-refractivity contribution in [1.29, 1.82) is 0 Å². The van der Waals surface area contributed by atoms with Crippen LogP contribution in [0.1, 0.15) is 31.4 Å². The minimum absolute atomic E-state index is 0.0801. The number of aromatic amines is 1. The van der Waals surface area contributed by atoms with E-state index in [9.17, 15) is 18.0 Å². The normalized spacial score (nSPS) is 18.0. The molecule has 21 heavy (non-hydrogen) atoms. The van der Waals surface area contributed by atoms with Crippen LogP contribution in [0.25, 0.3) is 0 Å². The van der Waals surface area contributed by atoms with Crippen molar-refractivity contribution in [3.8, 4) is 0 Å². The first-order valence-electron chi connectivity index (χ1n) is 6.72. The highest BCUT2D eigenvalue weighted by Crippen LogP contribution is 2.28. The van der Waals surface area contributed by atoms with E-state index in [1.54, 1.807) is 6.92 Å². The monoisotopic (exact) mass is 334 g/mol. The summed E-state index contributed by atoms with van der Waals surface area (Å²) in [4.78, 5) is 23.9. The molecule has 2 rings (SSSR count). The Morgan fingerprint density at radius 2 is 2.05 bits per heavy atom. The van der Waals surface area contributed by atoms with Gasteiger partial charge in [-0.1, -0.05) is 11.3 Å². The number of aryl methyl sites for hydroxylation is 1. The van der Waals surface area contributed by atoms with Crippen LogP contribution in [0.15, 0.2) is 9.00 Å². The van der Waals surface area contributed by atoms with E-state index < -0.39 is 16.0 Å². The van der Waals surface area contributed by atoms with Crippen molar-refractivity contribution in [3.05, 3.63) is 15.4 Å². The first kappa shape index (κ1) is 16.2. The highest BCUT2D eigenvalue weighted by Gasteiger charge is 2.32. The predicted molar refractivity (Wildman–Crippen MR) is 78.0 cm³/mol. The first-order chi connectivity index (χ1) is 9.80. The van der Waals surface area contributed by atoms with Crippen molar-refractivity contribution < 1.29 is 18.3 Å². The van der Waals surface area contributed by atoms with Crippen LogP contribution >= 0.6 is 11.3 Å². The molecule has 0 radical (unpaired) electrons. The fraction of sp³-hybridized carbons (Fsp3) is 0.667. The van der Waals surface area contributed by atoms with Gasteiger partial charge in [0.1, 0.15) is 0 Å². The molecule has 0 bridgehead atoms. The van der Waals surface area contributed by atoms with E-state index in [0.29, 0.717) is 49.4 Å². The van der Waals surface area contributed by atoms with Crippen LogP contribution in [0.4, 0.5) is 0 Å². The van der Waals surface area contributed by atoms with Gasteiger partial charge in [-0.2, -0.15) is 4.31 Å². The molecule has 1 aromatic heterocycles. The van der Waals surface area contributed by atoms with E-state index in [4.69, 9.17) is 5.11 Å². The molecule has 0 amide bonds. The molecule has 0 saturated carbocycles. The zero-order valence-corrected chi connectivity index (χ0v) is 13.3. The van der Waals surface area contributed by atoms with Crippen molar-refractivity contribution in [2.75, 3.05) is 13.1 Å². The Morgan fingerprint density at radius 1 is 1.43 bits per heavy atom. The van der Waals surface area contributed by atoms with Gasteiger partial charge in [-0.15, -0.1) is 0 Å². The Bertz CT molecular complexity index is 668. The van der Waals surface area contributed by atoms with E-state index >= 15 is 0 Å². The zero-order valence-electron chi connectivity index (χ0n) is 11.7. The van der Waals surface area contributed by atoms with E-state index in [2.05, 4.69) is 4.98 Å². The molecule has 0 unspecified atom stereocenters. The van der Waals surface area contributed by atoms with Gasteiger partial charge in [0, 0.05) is 25.2 Å². The van der Waals surface area contributed by atoms with E-state index in [-0.39, 0.29) is 21.4 Å². The minimum Gasteiger partial charge on any atom is -0.481 e. The number of nitrogens with zero attached hydrogens (tertiary/aromatic N) is 1. The average Bonchev–Trinajstić information content (AvgIpc) is 2.76. The maximum atomic E-state index is 12.5. The number of thiazole rings is 1. The number of aromatic nitrogens is 1. The number of carbonyl (C=O) groups is 1. The van der Waals surface area contributed by atoms with E-state index in [1.807, 2.05) is 0 Å². The fourth-order valence-electron chi connectivity index (χ4n) is 2.52. The van der Waals surface area contributed by atoms with Crippen LogP contribution in [0.3, 0.4) is 0 Å². The third-order valence-corrected chi connectivity index (χ3v) is 7.18. The number of sulfonamides is 1. The number of hydrogen-bond donors (Lipinski definition) is 2. The summed E-state index contributed by atoms with van der Waals surface area (Å²) >= 11 is 0.711. The highest BCUT2D eigenvalue weighted by molar-refractivity contribution is 7.91. The number of rotatable bonds is 5. The smallest absolute Gasteiger partial charge is 0.305 e. The molecule has 2 heterocycles.